The zero-order chi connectivity index (χ0) is 17.9. The fourth-order valence-electron chi connectivity index (χ4n) is 3.08. The summed E-state index contributed by atoms with van der Waals surface area (Å²) >= 11 is 9.99. The highest BCUT2D eigenvalue weighted by atomic mass is 79.9. The van der Waals surface area contributed by atoms with E-state index in [1.54, 1.807) is 21.3 Å². The third kappa shape index (κ3) is 3.68. The van der Waals surface area contributed by atoms with Crippen LogP contribution in [0.1, 0.15) is 44.8 Å². The number of rotatable bonds is 6. The van der Waals surface area contributed by atoms with Gasteiger partial charge in [-0.1, -0.05) is 24.9 Å². The molecule has 2 atom stereocenters. The Balaban J connectivity index is 2.56. The Kier molecular flexibility index (Phi) is 6.84. The average molecular weight is 420 g/mol. The lowest BCUT2D eigenvalue weighted by molar-refractivity contribution is 0.0459. The van der Waals surface area contributed by atoms with Gasteiger partial charge in [0, 0.05) is 10.6 Å². The van der Waals surface area contributed by atoms with Crippen molar-refractivity contribution in [3.05, 3.63) is 26.7 Å². The minimum atomic E-state index is -0.220. The number of benzene rings is 1. The van der Waals surface area contributed by atoms with Gasteiger partial charge in [-0.2, -0.15) is 0 Å². The summed E-state index contributed by atoms with van der Waals surface area (Å²) in [4.78, 5) is 0. The second-order valence-corrected chi connectivity index (χ2v) is 7.10. The molecule has 1 aliphatic rings. The van der Waals surface area contributed by atoms with Crippen molar-refractivity contribution < 1.29 is 18.9 Å². The molecule has 1 aromatic rings. The first-order valence-electron chi connectivity index (χ1n) is 7.97. The van der Waals surface area contributed by atoms with E-state index >= 15 is 0 Å². The van der Waals surface area contributed by atoms with Crippen LogP contribution in [-0.4, -0.2) is 27.4 Å². The van der Waals surface area contributed by atoms with Crippen molar-refractivity contribution >= 4 is 27.5 Å². The topological polar surface area (TPSA) is 36.9 Å². The van der Waals surface area contributed by atoms with E-state index in [0.29, 0.717) is 17.2 Å². The fourth-order valence-corrected chi connectivity index (χ4v) is 3.92. The summed E-state index contributed by atoms with van der Waals surface area (Å²) in [7, 11) is 4.79. The molecule has 0 amide bonds. The van der Waals surface area contributed by atoms with Gasteiger partial charge in [-0.15, -0.1) is 0 Å². The van der Waals surface area contributed by atoms with Crippen LogP contribution in [0.2, 0.25) is 0 Å². The van der Waals surface area contributed by atoms with Gasteiger partial charge in [0.25, 0.3) is 0 Å². The Bertz CT molecular complexity index is 626. The third-order valence-corrected chi connectivity index (χ3v) is 5.29. The van der Waals surface area contributed by atoms with Crippen LogP contribution < -0.4 is 14.2 Å². The molecule has 0 saturated carbocycles. The lowest BCUT2D eigenvalue weighted by atomic mass is 9.98. The maximum Gasteiger partial charge on any atom is 0.204 e. The van der Waals surface area contributed by atoms with Crippen LogP contribution in [0.25, 0.3) is 0 Å². The zero-order valence-electron chi connectivity index (χ0n) is 14.7. The predicted molar refractivity (Wildman–Crippen MR) is 99.5 cm³/mol. The molecule has 0 spiro atoms. The zero-order valence-corrected chi connectivity index (χ0v) is 17.1. The molecular weight excluding hydrogens is 396 g/mol. The van der Waals surface area contributed by atoms with Gasteiger partial charge in [0.05, 0.1) is 31.9 Å². The van der Waals surface area contributed by atoms with Crippen LogP contribution >= 0.6 is 27.5 Å². The monoisotopic (exact) mass is 418 g/mol. The largest absolute Gasteiger partial charge is 0.493 e. The molecule has 6 heteroatoms. The second-order valence-electron chi connectivity index (χ2n) is 5.74. The number of hydrogen-bond acceptors (Lipinski definition) is 4. The summed E-state index contributed by atoms with van der Waals surface area (Å²) in [6.45, 7) is 4.07. The quantitative estimate of drug-likeness (QED) is 0.600. The second kappa shape index (κ2) is 8.45. The maximum atomic E-state index is 6.35. The van der Waals surface area contributed by atoms with Crippen LogP contribution in [0, 0.1) is 0 Å². The molecule has 1 heterocycles. The van der Waals surface area contributed by atoms with Crippen molar-refractivity contribution in [2.24, 2.45) is 0 Å². The molecular formula is C18H24BrClO4. The summed E-state index contributed by atoms with van der Waals surface area (Å²) < 4.78 is 23.5. The molecule has 0 aliphatic carbocycles. The number of hydrogen-bond donors (Lipinski definition) is 0. The number of allylic oxidation sites excluding steroid dienone is 1. The van der Waals surface area contributed by atoms with Gasteiger partial charge in [-0.05, 0) is 47.3 Å². The van der Waals surface area contributed by atoms with Crippen molar-refractivity contribution in [2.75, 3.05) is 21.3 Å². The molecule has 4 nitrogen and oxygen atoms in total. The van der Waals surface area contributed by atoms with Gasteiger partial charge < -0.3 is 18.9 Å². The van der Waals surface area contributed by atoms with E-state index in [0.717, 1.165) is 39.9 Å². The van der Waals surface area contributed by atoms with E-state index in [2.05, 4.69) is 22.9 Å². The van der Waals surface area contributed by atoms with Gasteiger partial charge in [-0.3, -0.25) is 0 Å². The summed E-state index contributed by atoms with van der Waals surface area (Å²) in [5, 5.41) is 0.777. The summed E-state index contributed by atoms with van der Waals surface area (Å²) in [5.41, 5.74) is 2.03. The van der Waals surface area contributed by atoms with Gasteiger partial charge >= 0.3 is 0 Å². The molecule has 24 heavy (non-hydrogen) atoms. The Morgan fingerprint density at radius 1 is 1.25 bits per heavy atom. The average Bonchev–Trinajstić information content (AvgIpc) is 2.98. The van der Waals surface area contributed by atoms with E-state index in [-0.39, 0.29) is 12.2 Å². The van der Waals surface area contributed by atoms with Crippen LogP contribution in [0.4, 0.5) is 0 Å². The SMILES string of the molecule is CCC[C@H]1C/C(=C(/C)Cl)[C@@H](c2cc(OC)c(OC)c(OC)c2Br)O1. The normalized spacial score (nSPS) is 22.5. The van der Waals surface area contributed by atoms with Crippen LogP contribution in [0.5, 0.6) is 17.2 Å². The summed E-state index contributed by atoms with van der Waals surface area (Å²) in [5.74, 6) is 1.73. The highest BCUT2D eigenvalue weighted by molar-refractivity contribution is 9.10. The maximum absolute atomic E-state index is 6.35. The molecule has 0 radical (unpaired) electrons. The van der Waals surface area contributed by atoms with E-state index in [1.807, 2.05) is 13.0 Å². The van der Waals surface area contributed by atoms with E-state index in [4.69, 9.17) is 30.5 Å². The Hall–Kier alpha value is -0.910. The van der Waals surface area contributed by atoms with Gasteiger partial charge in [0.1, 0.15) is 6.10 Å². The van der Waals surface area contributed by atoms with E-state index < -0.39 is 0 Å². The molecule has 1 saturated heterocycles. The Morgan fingerprint density at radius 3 is 2.42 bits per heavy atom. The van der Waals surface area contributed by atoms with E-state index in [9.17, 15) is 0 Å². The molecule has 0 aromatic heterocycles. The van der Waals surface area contributed by atoms with Crippen molar-refractivity contribution in [1.82, 2.24) is 0 Å². The molecule has 2 rings (SSSR count). The summed E-state index contributed by atoms with van der Waals surface area (Å²) in [6, 6.07) is 1.92. The standard InChI is InChI=1S/C18H24BrClO4/c1-6-7-11-8-12(10(2)20)16(24-11)13-9-14(21-3)17(22-4)18(23-5)15(13)19/h9,11,16H,6-8H2,1-5H3/b12-10+/t11-,16-/m0/s1. The Morgan fingerprint density at radius 2 is 1.92 bits per heavy atom. The fraction of sp³-hybridized carbons (Fsp3) is 0.556. The molecule has 0 unspecified atom stereocenters. The third-order valence-electron chi connectivity index (χ3n) is 4.23. The smallest absolute Gasteiger partial charge is 0.204 e. The van der Waals surface area contributed by atoms with Crippen molar-refractivity contribution in [3.8, 4) is 17.2 Å². The lowest BCUT2D eigenvalue weighted by Gasteiger charge is -2.21. The van der Waals surface area contributed by atoms with Crippen LogP contribution in [0.15, 0.2) is 21.1 Å². The Labute approximate surface area is 157 Å². The predicted octanol–water partition coefficient (Wildman–Crippen LogP) is 5.62. The number of methoxy groups -OCH3 is 3. The lowest BCUT2D eigenvalue weighted by Crippen LogP contribution is -2.07. The van der Waals surface area contributed by atoms with Gasteiger partial charge in [-0.25, -0.2) is 0 Å². The highest BCUT2D eigenvalue weighted by Gasteiger charge is 2.35. The first-order chi connectivity index (χ1) is 11.5. The van der Waals surface area contributed by atoms with Gasteiger partial charge in [0.2, 0.25) is 5.75 Å². The minimum absolute atomic E-state index is 0.176. The number of halogens is 2. The van der Waals surface area contributed by atoms with Crippen molar-refractivity contribution in [2.45, 2.75) is 45.3 Å². The van der Waals surface area contributed by atoms with Crippen LogP contribution in [0.3, 0.4) is 0 Å². The first kappa shape index (κ1) is 19.4. The van der Waals surface area contributed by atoms with E-state index in [1.165, 1.54) is 0 Å². The molecule has 1 aromatic carbocycles. The number of ether oxygens (including phenoxy) is 4. The molecule has 1 fully saturated rings. The minimum Gasteiger partial charge on any atom is -0.493 e. The molecule has 0 N–H and O–H groups in total. The van der Waals surface area contributed by atoms with Gasteiger partial charge in [0.15, 0.2) is 11.5 Å². The van der Waals surface area contributed by atoms with Crippen molar-refractivity contribution in [3.63, 3.8) is 0 Å². The summed E-state index contributed by atoms with van der Waals surface area (Å²) in [6.07, 6.45) is 2.88. The molecule has 134 valence electrons. The highest BCUT2D eigenvalue weighted by Crippen LogP contribution is 2.51. The van der Waals surface area contributed by atoms with Crippen molar-refractivity contribution in [1.29, 1.82) is 0 Å². The van der Waals surface area contributed by atoms with Crippen LogP contribution in [-0.2, 0) is 4.74 Å². The first-order valence-corrected chi connectivity index (χ1v) is 9.14. The molecule has 0 bridgehead atoms. The molecule has 1 aliphatic heterocycles.